The van der Waals surface area contributed by atoms with Gasteiger partial charge in [0.2, 0.25) is 10.0 Å². The van der Waals surface area contributed by atoms with E-state index in [1.807, 2.05) is 0 Å². The molecule has 0 fully saturated rings. The second-order valence-electron chi connectivity index (χ2n) is 7.02. The lowest BCUT2D eigenvalue weighted by molar-refractivity contribution is -0.140. The van der Waals surface area contributed by atoms with Crippen molar-refractivity contribution >= 4 is 16.0 Å². The van der Waals surface area contributed by atoms with Crippen LogP contribution in [0.1, 0.15) is 55.7 Å². The van der Waals surface area contributed by atoms with Gasteiger partial charge in [0.25, 0.3) is 0 Å². The minimum Gasteiger partial charge on any atom is -0.469 e. The number of nitrogens with one attached hydrogen (secondary N) is 1. The maximum atomic E-state index is 13.3. The number of benzene rings is 2. The average Bonchev–Trinajstić information content (AvgIpc) is 2.70. The molecule has 0 bridgehead atoms. The van der Waals surface area contributed by atoms with Crippen molar-refractivity contribution in [2.45, 2.75) is 56.4 Å². The van der Waals surface area contributed by atoms with Crippen LogP contribution in [0.15, 0.2) is 53.4 Å². The summed E-state index contributed by atoms with van der Waals surface area (Å²) in [6.07, 6.45) is 4.20. The Hall–Kier alpha value is -2.25. The smallest absolute Gasteiger partial charge is 0.305 e. The summed E-state index contributed by atoms with van der Waals surface area (Å²) in [6.45, 7) is 1.75. The topological polar surface area (TPSA) is 72.5 Å². The van der Waals surface area contributed by atoms with E-state index < -0.39 is 16.1 Å². The van der Waals surface area contributed by atoms with Crippen LogP contribution in [0.2, 0.25) is 0 Å². The zero-order valence-corrected chi connectivity index (χ0v) is 17.7. The van der Waals surface area contributed by atoms with Crippen molar-refractivity contribution in [2.24, 2.45) is 0 Å². The van der Waals surface area contributed by atoms with Crippen LogP contribution < -0.4 is 4.72 Å². The molecule has 29 heavy (non-hydrogen) atoms. The molecule has 0 heterocycles. The van der Waals surface area contributed by atoms with Gasteiger partial charge in [-0.3, -0.25) is 4.79 Å². The van der Waals surface area contributed by atoms with E-state index in [-0.39, 0.29) is 16.7 Å². The van der Waals surface area contributed by atoms with E-state index in [2.05, 4.69) is 9.46 Å². The van der Waals surface area contributed by atoms with Crippen molar-refractivity contribution in [3.63, 3.8) is 0 Å². The van der Waals surface area contributed by atoms with Gasteiger partial charge in [-0.05, 0) is 49.1 Å². The number of carbonyl (C=O) groups excluding carboxylic acids is 1. The largest absolute Gasteiger partial charge is 0.469 e. The number of halogens is 1. The fraction of sp³-hybridized carbons (Fsp3) is 0.409. The van der Waals surface area contributed by atoms with Gasteiger partial charge < -0.3 is 4.74 Å². The van der Waals surface area contributed by atoms with Gasteiger partial charge in [0.15, 0.2) is 0 Å². The predicted octanol–water partition coefficient (Wildman–Crippen LogP) is 4.67. The highest BCUT2D eigenvalue weighted by Gasteiger charge is 2.22. The van der Waals surface area contributed by atoms with Crippen molar-refractivity contribution in [3.8, 4) is 0 Å². The molecule has 158 valence electrons. The molecule has 0 aliphatic heterocycles. The first-order valence-electron chi connectivity index (χ1n) is 9.73. The number of esters is 1. The number of methoxy groups -OCH3 is 1. The quantitative estimate of drug-likeness (QED) is 0.423. The summed E-state index contributed by atoms with van der Waals surface area (Å²) in [4.78, 5) is 11.4. The van der Waals surface area contributed by atoms with Crippen LogP contribution in [0.5, 0.6) is 0 Å². The third-order valence-corrected chi connectivity index (χ3v) is 6.44. The molecular weight excluding hydrogens is 393 g/mol. The van der Waals surface area contributed by atoms with Crippen molar-refractivity contribution in [3.05, 3.63) is 65.5 Å². The molecule has 2 aromatic carbocycles. The van der Waals surface area contributed by atoms with Crippen molar-refractivity contribution in [1.82, 2.24) is 4.72 Å². The van der Waals surface area contributed by atoms with E-state index in [9.17, 15) is 17.6 Å². The molecule has 1 N–H and O–H groups in total. The molecule has 1 atom stereocenters. The monoisotopic (exact) mass is 421 g/mol. The van der Waals surface area contributed by atoms with Gasteiger partial charge in [0.1, 0.15) is 5.82 Å². The second kappa shape index (κ2) is 11.1. The van der Waals surface area contributed by atoms with Gasteiger partial charge in [0, 0.05) is 12.5 Å². The van der Waals surface area contributed by atoms with Gasteiger partial charge >= 0.3 is 5.97 Å². The third-order valence-electron chi connectivity index (χ3n) is 4.80. The van der Waals surface area contributed by atoms with Crippen LogP contribution in [0, 0.1) is 12.7 Å². The second-order valence-corrected chi connectivity index (χ2v) is 8.70. The Morgan fingerprint density at radius 1 is 1.03 bits per heavy atom. The van der Waals surface area contributed by atoms with E-state index in [1.54, 1.807) is 43.3 Å². The molecule has 0 saturated carbocycles. The van der Waals surface area contributed by atoms with E-state index in [1.165, 1.54) is 19.2 Å². The molecule has 0 aliphatic rings. The highest BCUT2D eigenvalue weighted by molar-refractivity contribution is 7.89. The normalized spacial score (nSPS) is 12.5. The average molecular weight is 422 g/mol. The van der Waals surface area contributed by atoms with Crippen molar-refractivity contribution in [1.29, 1.82) is 0 Å². The van der Waals surface area contributed by atoms with Crippen LogP contribution in [-0.4, -0.2) is 21.5 Å². The molecule has 0 aromatic heterocycles. The SMILES string of the molecule is COC(=O)CCCCCCC(NS(=O)(=O)c1ccccc1C)c1ccc(F)cc1. The zero-order valence-electron chi connectivity index (χ0n) is 16.9. The number of unbranched alkanes of at least 4 members (excludes halogenated alkanes) is 3. The lowest BCUT2D eigenvalue weighted by atomic mass is 10.0. The number of hydrogen-bond donors (Lipinski definition) is 1. The van der Waals surface area contributed by atoms with Gasteiger partial charge in [-0.1, -0.05) is 49.6 Å². The number of rotatable bonds is 11. The fourth-order valence-corrected chi connectivity index (χ4v) is 4.68. The molecule has 0 saturated heterocycles. The fourth-order valence-electron chi connectivity index (χ4n) is 3.17. The summed E-state index contributed by atoms with van der Waals surface area (Å²) in [5.74, 6) is -0.586. The van der Waals surface area contributed by atoms with Gasteiger partial charge in [-0.25, -0.2) is 17.5 Å². The van der Waals surface area contributed by atoms with Crippen LogP contribution >= 0.6 is 0 Å². The molecule has 5 nitrogen and oxygen atoms in total. The first-order chi connectivity index (χ1) is 13.8. The molecule has 2 rings (SSSR count). The van der Waals surface area contributed by atoms with Gasteiger partial charge in [-0.2, -0.15) is 0 Å². The van der Waals surface area contributed by atoms with E-state index in [0.717, 1.165) is 31.2 Å². The Morgan fingerprint density at radius 3 is 2.34 bits per heavy atom. The molecule has 0 spiro atoms. The lowest BCUT2D eigenvalue weighted by Gasteiger charge is -2.20. The molecule has 2 aromatic rings. The summed E-state index contributed by atoms with van der Waals surface area (Å²) < 4.78 is 46.5. The van der Waals surface area contributed by atoms with Gasteiger partial charge in [-0.15, -0.1) is 0 Å². The summed E-state index contributed by atoms with van der Waals surface area (Å²) in [5.41, 5.74) is 1.39. The first-order valence-corrected chi connectivity index (χ1v) is 11.2. The Kier molecular flexibility index (Phi) is 8.79. The van der Waals surface area contributed by atoms with E-state index in [0.29, 0.717) is 18.4 Å². The number of carbonyl (C=O) groups is 1. The molecule has 0 radical (unpaired) electrons. The number of sulfonamides is 1. The zero-order chi connectivity index (χ0) is 21.3. The van der Waals surface area contributed by atoms with E-state index in [4.69, 9.17) is 0 Å². The van der Waals surface area contributed by atoms with Crippen LogP contribution in [0.25, 0.3) is 0 Å². The molecule has 0 aliphatic carbocycles. The number of aryl methyl sites for hydroxylation is 1. The van der Waals surface area contributed by atoms with Crippen molar-refractivity contribution in [2.75, 3.05) is 7.11 Å². The van der Waals surface area contributed by atoms with Crippen LogP contribution in [-0.2, 0) is 19.6 Å². The molecular formula is C22H28FNO4S. The third kappa shape index (κ3) is 7.25. The minimum absolute atomic E-state index is 0.222. The summed E-state index contributed by atoms with van der Waals surface area (Å²) >= 11 is 0. The molecule has 1 unspecified atom stereocenters. The Morgan fingerprint density at radius 2 is 1.69 bits per heavy atom. The maximum Gasteiger partial charge on any atom is 0.305 e. The van der Waals surface area contributed by atoms with Crippen molar-refractivity contribution < 1.29 is 22.3 Å². The highest BCUT2D eigenvalue weighted by Crippen LogP contribution is 2.24. The summed E-state index contributed by atoms with van der Waals surface area (Å²) in [6, 6.07) is 12.2. The molecule has 0 amide bonds. The standard InChI is InChI=1S/C22H28FNO4S/c1-17-9-7-8-11-21(17)29(26,27)24-20(18-13-15-19(23)16-14-18)10-5-3-4-6-12-22(25)28-2/h7-9,11,13-16,20,24H,3-6,10,12H2,1-2H3. The highest BCUT2D eigenvalue weighted by atomic mass is 32.2. The Balaban J connectivity index is 2.05. The minimum atomic E-state index is -3.72. The van der Waals surface area contributed by atoms with Crippen LogP contribution in [0.3, 0.4) is 0 Å². The number of hydrogen-bond acceptors (Lipinski definition) is 4. The van der Waals surface area contributed by atoms with E-state index >= 15 is 0 Å². The first kappa shape index (κ1) is 23.0. The maximum absolute atomic E-state index is 13.3. The summed E-state index contributed by atoms with van der Waals surface area (Å²) in [7, 11) is -2.34. The predicted molar refractivity (Wildman–Crippen MR) is 110 cm³/mol. The Bertz CT molecular complexity index is 897. The lowest BCUT2D eigenvalue weighted by Crippen LogP contribution is -2.29. The number of ether oxygens (including phenoxy) is 1. The van der Waals surface area contributed by atoms with Crippen LogP contribution in [0.4, 0.5) is 4.39 Å². The molecule has 7 heteroatoms. The Labute approximate surface area is 172 Å². The summed E-state index contributed by atoms with van der Waals surface area (Å²) in [5, 5.41) is 0. The van der Waals surface area contributed by atoms with Gasteiger partial charge in [0.05, 0.1) is 12.0 Å².